The van der Waals surface area contributed by atoms with E-state index < -0.39 is 0 Å². The summed E-state index contributed by atoms with van der Waals surface area (Å²) in [4.78, 5) is 4.95. The molecule has 0 amide bonds. The van der Waals surface area contributed by atoms with Crippen LogP contribution in [0, 0.1) is 13.8 Å². The summed E-state index contributed by atoms with van der Waals surface area (Å²) in [6.45, 7) is 8.27. The van der Waals surface area contributed by atoms with Gasteiger partial charge < -0.3 is 19.0 Å². The van der Waals surface area contributed by atoms with Gasteiger partial charge in [-0.2, -0.15) is 0 Å². The quantitative estimate of drug-likeness (QED) is 0.194. The van der Waals surface area contributed by atoms with Crippen LogP contribution in [0.3, 0.4) is 0 Å². The van der Waals surface area contributed by atoms with Gasteiger partial charge in [0.05, 0.1) is 25.5 Å². The molecule has 0 aliphatic heterocycles. The molecule has 0 N–H and O–H groups in total. The number of hydrogen-bond acceptors (Lipinski definition) is 5. The fraction of sp³-hybridized carbons (Fsp3) is 0.400. The van der Waals surface area contributed by atoms with Gasteiger partial charge in [0, 0.05) is 12.8 Å². The Bertz CT molecular complexity index is 792. The number of allylic oxidation sites excluding steroid dienone is 1. The van der Waals surface area contributed by atoms with Gasteiger partial charge in [-0.25, -0.2) is 0 Å². The van der Waals surface area contributed by atoms with Gasteiger partial charge in [-0.05, 0) is 49.6 Å². The Kier molecular flexibility index (Phi) is 10.5. The average molecular weight is 412 g/mol. The summed E-state index contributed by atoms with van der Waals surface area (Å²) in [6.07, 6.45) is 5.47. The van der Waals surface area contributed by atoms with Gasteiger partial charge in [0.15, 0.2) is 0 Å². The normalized spacial score (nSPS) is 11.7. The van der Waals surface area contributed by atoms with Crippen LogP contribution in [0.4, 0.5) is 0 Å². The second kappa shape index (κ2) is 13.4. The van der Waals surface area contributed by atoms with Crippen LogP contribution in [0.2, 0.25) is 0 Å². The first-order chi connectivity index (χ1) is 14.6. The Morgan fingerprint density at radius 1 is 1.00 bits per heavy atom. The molecule has 0 unspecified atom stereocenters. The van der Waals surface area contributed by atoms with E-state index in [9.17, 15) is 0 Å². The van der Waals surface area contributed by atoms with E-state index in [1.165, 1.54) is 5.56 Å². The molecule has 0 aromatic heterocycles. The van der Waals surface area contributed by atoms with Gasteiger partial charge in [0.25, 0.3) is 0 Å². The van der Waals surface area contributed by atoms with Gasteiger partial charge in [0.2, 0.25) is 0 Å². The maximum atomic E-state index is 5.99. The van der Waals surface area contributed by atoms with Gasteiger partial charge >= 0.3 is 0 Å². The van der Waals surface area contributed by atoms with Crippen LogP contribution in [-0.2, 0) is 16.0 Å². The third-order valence-corrected chi connectivity index (χ3v) is 4.44. The van der Waals surface area contributed by atoms with Crippen molar-refractivity contribution in [2.75, 3.05) is 33.5 Å². The molecule has 0 spiro atoms. The molecule has 0 saturated heterocycles. The lowest BCUT2D eigenvalue weighted by Gasteiger charge is -2.14. The van der Waals surface area contributed by atoms with E-state index in [2.05, 4.69) is 17.3 Å². The highest BCUT2D eigenvalue weighted by atomic mass is 16.6. The van der Waals surface area contributed by atoms with Gasteiger partial charge in [-0.15, -0.1) is 0 Å². The molecule has 2 aromatic rings. The predicted molar refractivity (Wildman–Crippen MR) is 122 cm³/mol. The van der Waals surface area contributed by atoms with E-state index in [0.29, 0.717) is 32.8 Å². The number of benzene rings is 2. The first kappa shape index (κ1) is 23.5. The zero-order valence-electron chi connectivity index (χ0n) is 18.5. The first-order valence-electron chi connectivity index (χ1n) is 10.3. The topological polar surface area (TPSA) is 49.3 Å². The van der Waals surface area contributed by atoms with E-state index in [0.717, 1.165) is 34.8 Å². The molecule has 5 nitrogen and oxygen atoms in total. The van der Waals surface area contributed by atoms with E-state index in [1.54, 1.807) is 7.11 Å². The number of rotatable bonds is 13. The molecule has 30 heavy (non-hydrogen) atoms. The van der Waals surface area contributed by atoms with Crippen LogP contribution in [-0.4, -0.2) is 39.2 Å². The lowest BCUT2D eigenvalue weighted by Crippen LogP contribution is -2.14. The number of nitrogens with zero attached hydrogens (tertiary/aromatic N) is 1. The van der Waals surface area contributed by atoms with E-state index in [4.69, 9.17) is 19.0 Å². The Hall–Kier alpha value is -2.79. The monoisotopic (exact) mass is 411 g/mol. The minimum absolute atomic E-state index is 0.443. The standard InChI is InChI=1S/C25H33NO4/c1-5-6-14-29-24-16-20(2)25(21(3)17-24)30-15-10-13-28-19-23(26-27-4)18-22-11-8-7-9-12-22/h5-9,11-12,16-17H,10,13-15,18-19H2,1-4H3/b6-5+,26-23+. The van der Waals surface area contributed by atoms with E-state index in [-0.39, 0.29) is 0 Å². The molecule has 0 atom stereocenters. The van der Waals surface area contributed by atoms with E-state index in [1.807, 2.05) is 63.3 Å². The van der Waals surface area contributed by atoms with Crippen molar-refractivity contribution >= 4 is 5.71 Å². The Labute approximate surface area is 180 Å². The second-order valence-corrected chi connectivity index (χ2v) is 7.02. The van der Waals surface area contributed by atoms with Crippen molar-refractivity contribution in [3.63, 3.8) is 0 Å². The highest BCUT2D eigenvalue weighted by Gasteiger charge is 2.08. The minimum Gasteiger partial charge on any atom is -0.493 e. The van der Waals surface area contributed by atoms with Crippen LogP contribution in [0.25, 0.3) is 0 Å². The molecule has 0 fully saturated rings. The molecule has 2 aromatic carbocycles. The van der Waals surface area contributed by atoms with Crippen LogP contribution in [0.1, 0.15) is 30.0 Å². The summed E-state index contributed by atoms with van der Waals surface area (Å²) in [5.41, 5.74) is 4.20. The summed E-state index contributed by atoms with van der Waals surface area (Å²) in [5.74, 6) is 1.78. The molecule has 162 valence electrons. The van der Waals surface area contributed by atoms with Crippen molar-refractivity contribution in [2.24, 2.45) is 5.16 Å². The molecule has 0 saturated carbocycles. The molecule has 0 radical (unpaired) electrons. The maximum absolute atomic E-state index is 5.99. The summed E-state index contributed by atoms with van der Waals surface area (Å²) in [5, 5.41) is 4.09. The van der Waals surface area contributed by atoms with Crippen molar-refractivity contribution in [2.45, 2.75) is 33.6 Å². The van der Waals surface area contributed by atoms with Gasteiger partial charge in [-0.1, -0.05) is 47.6 Å². The van der Waals surface area contributed by atoms with Crippen molar-refractivity contribution in [3.05, 3.63) is 71.3 Å². The molecule has 2 rings (SSSR count). The number of ether oxygens (including phenoxy) is 3. The largest absolute Gasteiger partial charge is 0.493 e. The fourth-order valence-corrected chi connectivity index (χ4v) is 3.06. The van der Waals surface area contributed by atoms with E-state index >= 15 is 0 Å². The van der Waals surface area contributed by atoms with Crippen molar-refractivity contribution < 1.29 is 19.0 Å². The van der Waals surface area contributed by atoms with Crippen molar-refractivity contribution in [1.29, 1.82) is 0 Å². The SMILES string of the molecule is C/C=C/COc1cc(C)c(OCCCOC/C(Cc2ccccc2)=N/OC)c(C)c1. The van der Waals surface area contributed by atoms with Crippen LogP contribution >= 0.6 is 0 Å². The van der Waals surface area contributed by atoms with Crippen LogP contribution < -0.4 is 9.47 Å². The van der Waals surface area contributed by atoms with Gasteiger partial charge in [0.1, 0.15) is 25.2 Å². The molecule has 5 heteroatoms. The molecular formula is C25H33NO4. The van der Waals surface area contributed by atoms with Crippen LogP contribution in [0.5, 0.6) is 11.5 Å². The first-order valence-corrected chi connectivity index (χ1v) is 10.3. The average Bonchev–Trinajstić information content (AvgIpc) is 2.73. The number of hydrogen-bond donors (Lipinski definition) is 0. The second-order valence-electron chi connectivity index (χ2n) is 7.02. The zero-order valence-corrected chi connectivity index (χ0v) is 18.5. The third-order valence-electron chi connectivity index (χ3n) is 4.44. The summed E-state index contributed by atoms with van der Waals surface area (Å²) in [7, 11) is 1.56. The van der Waals surface area contributed by atoms with Crippen molar-refractivity contribution in [3.8, 4) is 11.5 Å². The summed E-state index contributed by atoms with van der Waals surface area (Å²) < 4.78 is 17.5. The smallest absolute Gasteiger partial charge is 0.125 e. The fourth-order valence-electron chi connectivity index (χ4n) is 3.06. The van der Waals surface area contributed by atoms with Crippen LogP contribution in [0.15, 0.2) is 59.8 Å². The Morgan fingerprint density at radius 2 is 1.73 bits per heavy atom. The highest BCUT2D eigenvalue weighted by Crippen LogP contribution is 2.28. The minimum atomic E-state index is 0.443. The third kappa shape index (κ3) is 8.29. The molecule has 0 heterocycles. The predicted octanol–water partition coefficient (Wildman–Crippen LogP) is 5.29. The van der Waals surface area contributed by atoms with Gasteiger partial charge in [-0.3, -0.25) is 0 Å². The molecular weight excluding hydrogens is 378 g/mol. The van der Waals surface area contributed by atoms with Crippen molar-refractivity contribution in [1.82, 2.24) is 0 Å². The molecule has 0 aliphatic carbocycles. The maximum Gasteiger partial charge on any atom is 0.125 e. The summed E-state index contributed by atoms with van der Waals surface area (Å²) in [6, 6.07) is 14.2. The highest BCUT2D eigenvalue weighted by molar-refractivity contribution is 5.87. The zero-order chi connectivity index (χ0) is 21.6. The summed E-state index contributed by atoms with van der Waals surface area (Å²) >= 11 is 0. The molecule has 0 aliphatic rings. The molecule has 0 bridgehead atoms. The Morgan fingerprint density at radius 3 is 2.40 bits per heavy atom. The lowest BCUT2D eigenvalue weighted by atomic mass is 10.1. The Balaban J connectivity index is 1.73. The number of aryl methyl sites for hydroxylation is 2. The lowest BCUT2D eigenvalue weighted by molar-refractivity contribution is 0.144. The number of oxime groups is 1.